The zero-order valence-electron chi connectivity index (χ0n) is 10.8. The smallest absolute Gasteiger partial charge is 0.101 e. The maximum atomic E-state index is 10.4. The highest BCUT2D eigenvalue weighted by atomic mass is 16.3. The number of rotatable bonds is 4. The van der Waals surface area contributed by atoms with Crippen molar-refractivity contribution >= 4 is 0 Å². The van der Waals surface area contributed by atoms with Crippen LogP contribution in [0.1, 0.15) is 34.5 Å². The summed E-state index contributed by atoms with van der Waals surface area (Å²) in [6.07, 6.45) is 0.965. The minimum Gasteiger partial charge on any atom is -0.469 e. The third kappa shape index (κ3) is 2.63. The first-order valence-electron chi connectivity index (χ1n) is 6.11. The molecule has 0 aliphatic carbocycles. The Labute approximate surface area is 107 Å². The van der Waals surface area contributed by atoms with Crippen LogP contribution >= 0.6 is 0 Å². The molecule has 2 atom stereocenters. The highest BCUT2D eigenvalue weighted by Crippen LogP contribution is 2.31. The van der Waals surface area contributed by atoms with E-state index < -0.39 is 6.10 Å². The van der Waals surface area contributed by atoms with Crippen LogP contribution in [0.5, 0.6) is 0 Å². The van der Waals surface area contributed by atoms with E-state index >= 15 is 0 Å². The average molecular weight is 245 g/mol. The van der Waals surface area contributed by atoms with Gasteiger partial charge in [-0.05, 0) is 25.5 Å². The van der Waals surface area contributed by atoms with Gasteiger partial charge in [0.25, 0.3) is 0 Å². The first-order valence-corrected chi connectivity index (χ1v) is 6.11. The number of aliphatic hydroxyl groups is 1. The zero-order chi connectivity index (χ0) is 13.1. The number of aryl methyl sites for hydroxylation is 2. The minimum atomic E-state index is -0.630. The Hall–Kier alpha value is -1.58. The molecule has 96 valence electrons. The van der Waals surface area contributed by atoms with Gasteiger partial charge in [0, 0.05) is 18.0 Å². The van der Waals surface area contributed by atoms with Gasteiger partial charge in [0.15, 0.2) is 0 Å². The van der Waals surface area contributed by atoms with Crippen LogP contribution < -0.4 is 5.73 Å². The predicted octanol–water partition coefficient (Wildman–Crippen LogP) is 2.67. The SMILES string of the molecule is Cc1cccc(C(CN)C(O)c2coc(C)c2)c1. The molecule has 1 aromatic heterocycles. The van der Waals surface area contributed by atoms with Crippen molar-refractivity contribution in [1.82, 2.24) is 0 Å². The van der Waals surface area contributed by atoms with Crippen LogP contribution in [0, 0.1) is 13.8 Å². The van der Waals surface area contributed by atoms with E-state index in [1.165, 1.54) is 5.56 Å². The highest BCUT2D eigenvalue weighted by Gasteiger charge is 2.22. The quantitative estimate of drug-likeness (QED) is 0.870. The molecule has 1 aromatic carbocycles. The van der Waals surface area contributed by atoms with E-state index in [-0.39, 0.29) is 5.92 Å². The molecular weight excluding hydrogens is 226 g/mol. The van der Waals surface area contributed by atoms with Crippen molar-refractivity contribution in [1.29, 1.82) is 0 Å². The maximum Gasteiger partial charge on any atom is 0.101 e. The van der Waals surface area contributed by atoms with Crippen LogP contribution in [0.4, 0.5) is 0 Å². The Morgan fingerprint density at radius 1 is 1.22 bits per heavy atom. The Balaban J connectivity index is 2.28. The molecule has 18 heavy (non-hydrogen) atoms. The van der Waals surface area contributed by atoms with Crippen LogP contribution in [-0.4, -0.2) is 11.7 Å². The molecule has 0 amide bonds. The zero-order valence-corrected chi connectivity index (χ0v) is 10.8. The van der Waals surface area contributed by atoms with Gasteiger partial charge in [-0.15, -0.1) is 0 Å². The van der Waals surface area contributed by atoms with Crippen LogP contribution in [-0.2, 0) is 0 Å². The molecule has 0 spiro atoms. The number of hydrogen-bond donors (Lipinski definition) is 2. The van der Waals surface area contributed by atoms with Crippen LogP contribution in [0.2, 0.25) is 0 Å². The number of nitrogens with two attached hydrogens (primary N) is 1. The highest BCUT2D eigenvalue weighted by molar-refractivity contribution is 5.29. The molecule has 0 bridgehead atoms. The largest absolute Gasteiger partial charge is 0.469 e. The van der Waals surface area contributed by atoms with E-state index in [9.17, 15) is 5.11 Å². The van der Waals surface area contributed by atoms with Crippen molar-refractivity contribution in [2.45, 2.75) is 25.9 Å². The predicted molar refractivity (Wildman–Crippen MR) is 71.4 cm³/mol. The maximum absolute atomic E-state index is 10.4. The molecule has 0 saturated carbocycles. The third-order valence-corrected chi connectivity index (χ3v) is 3.20. The molecule has 0 radical (unpaired) electrons. The number of benzene rings is 1. The number of hydrogen-bond acceptors (Lipinski definition) is 3. The van der Waals surface area contributed by atoms with E-state index in [0.29, 0.717) is 6.54 Å². The summed E-state index contributed by atoms with van der Waals surface area (Å²) < 4.78 is 5.24. The second-order valence-corrected chi connectivity index (χ2v) is 4.69. The summed E-state index contributed by atoms with van der Waals surface area (Å²) in [5.74, 6) is 0.686. The van der Waals surface area contributed by atoms with Gasteiger partial charge in [-0.3, -0.25) is 0 Å². The van der Waals surface area contributed by atoms with E-state index in [1.807, 2.05) is 38.1 Å². The fourth-order valence-corrected chi connectivity index (χ4v) is 2.20. The monoisotopic (exact) mass is 245 g/mol. The summed E-state index contributed by atoms with van der Waals surface area (Å²) in [5, 5.41) is 10.4. The summed E-state index contributed by atoms with van der Waals surface area (Å²) in [6, 6.07) is 9.93. The Morgan fingerprint density at radius 2 is 2.00 bits per heavy atom. The average Bonchev–Trinajstić information content (AvgIpc) is 2.77. The number of aliphatic hydroxyl groups excluding tert-OH is 1. The first kappa shape index (κ1) is 12.9. The molecule has 0 saturated heterocycles. The second-order valence-electron chi connectivity index (χ2n) is 4.69. The topological polar surface area (TPSA) is 59.4 Å². The van der Waals surface area contributed by atoms with Crippen molar-refractivity contribution in [3.8, 4) is 0 Å². The van der Waals surface area contributed by atoms with Gasteiger partial charge >= 0.3 is 0 Å². The molecule has 2 aromatic rings. The number of furan rings is 1. The summed E-state index contributed by atoms with van der Waals surface area (Å²) in [4.78, 5) is 0. The lowest BCUT2D eigenvalue weighted by atomic mass is 9.89. The Kier molecular flexibility index (Phi) is 3.84. The third-order valence-electron chi connectivity index (χ3n) is 3.20. The van der Waals surface area contributed by atoms with Gasteiger partial charge < -0.3 is 15.3 Å². The van der Waals surface area contributed by atoms with Gasteiger partial charge in [0.2, 0.25) is 0 Å². The molecule has 0 aliphatic rings. The van der Waals surface area contributed by atoms with Gasteiger partial charge in [-0.2, -0.15) is 0 Å². The van der Waals surface area contributed by atoms with Gasteiger partial charge in [0.05, 0.1) is 12.4 Å². The molecule has 3 heteroatoms. The first-order chi connectivity index (χ1) is 8.61. The summed E-state index contributed by atoms with van der Waals surface area (Å²) in [5.41, 5.74) is 8.82. The summed E-state index contributed by atoms with van der Waals surface area (Å²) >= 11 is 0. The lowest BCUT2D eigenvalue weighted by Gasteiger charge is -2.21. The van der Waals surface area contributed by atoms with Crippen molar-refractivity contribution in [3.05, 3.63) is 59.0 Å². The summed E-state index contributed by atoms with van der Waals surface area (Å²) in [6.45, 7) is 4.29. The minimum absolute atomic E-state index is 0.109. The molecule has 3 N–H and O–H groups in total. The molecule has 1 heterocycles. The van der Waals surface area contributed by atoms with Crippen LogP contribution in [0.3, 0.4) is 0 Å². The van der Waals surface area contributed by atoms with Gasteiger partial charge in [-0.1, -0.05) is 29.8 Å². The lowest BCUT2D eigenvalue weighted by Crippen LogP contribution is -2.20. The van der Waals surface area contributed by atoms with Crippen molar-refractivity contribution in [2.24, 2.45) is 5.73 Å². The van der Waals surface area contributed by atoms with Gasteiger partial charge in [0.1, 0.15) is 5.76 Å². The molecular formula is C15H19NO2. The van der Waals surface area contributed by atoms with Crippen LogP contribution in [0.25, 0.3) is 0 Å². The Morgan fingerprint density at radius 3 is 2.56 bits per heavy atom. The fraction of sp³-hybridized carbons (Fsp3) is 0.333. The van der Waals surface area contributed by atoms with Gasteiger partial charge in [-0.25, -0.2) is 0 Å². The normalized spacial score (nSPS) is 14.4. The molecule has 2 unspecified atom stereocenters. The lowest BCUT2D eigenvalue weighted by molar-refractivity contribution is 0.146. The molecule has 0 fully saturated rings. The van der Waals surface area contributed by atoms with Crippen molar-refractivity contribution in [3.63, 3.8) is 0 Å². The van der Waals surface area contributed by atoms with Crippen LogP contribution in [0.15, 0.2) is 41.0 Å². The molecule has 0 aliphatic heterocycles. The standard InChI is InChI=1S/C15H19NO2/c1-10-4-3-5-12(6-10)14(8-16)15(17)13-7-11(2)18-9-13/h3-7,9,14-15,17H,8,16H2,1-2H3. The van der Waals surface area contributed by atoms with Crippen molar-refractivity contribution < 1.29 is 9.52 Å². The van der Waals surface area contributed by atoms with E-state index in [0.717, 1.165) is 16.9 Å². The summed E-state index contributed by atoms with van der Waals surface area (Å²) in [7, 11) is 0. The second kappa shape index (κ2) is 5.38. The van der Waals surface area contributed by atoms with E-state index in [2.05, 4.69) is 6.07 Å². The molecule has 3 nitrogen and oxygen atoms in total. The van der Waals surface area contributed by atoms with E-state index in [4.69, 9.17) is 10.2 Å². The fourth-order valence-electron chi connectivity index (χ4n) is 2.20. The van der Waals surface area contributed by atoms with E-state index in [1.54, 1.807) is 6.26 Å². The van der Waals surface area contributed by atoms with Crippen molar-refractivity contribution in [2.75, 3.05) is 6.54 Å². The Bertz CT molecular complexity index is 519. The molecule has 2 rings (SSSR count).